The van der Waals surface area contributed by atoms with E-state index in [4.69, 9.17) is 4.74 Å². The van der Waals surface area contributed by atoms with Crippen molar-refractivity contribution in [1.82, 2.24) is 10.6 Å². The van der Waals surface area contributed by atoms with Gasteiger partial charge in [-0.3, -0.25) is 14.9 Å². The lowest BCUT2D eigenvalue weighted by Gasteiger charge is -2.27. The predicted octanol–water partition coefficient (Wildman–Crippen LogP) is 2.53. The highest BCUT2D eigenvalue weighted by Gasteiger charge is 2.33. The molecule has 0 saturated carbocycles. The Morgan fingerprint density at radius 2 is 1.40 bits per heavy atom. The average molecular weight is 340 g/mol. The van der Waals surface area contributed by atoms with Gasteiger partial charge in [0.15, 0.2) is 0 Å². The lowest BCUT2D eigenvalue weighted by Crippen LogP contribution is -2.43. The van der Waals surface area contributed by atoms with Crippen LogP contribution in [0.4, 0.5) is 4.79 Å². The lowest BCUT2D eigenvalue weighted by atomic mass is 9.87. The van der Waals surface area contributed by atoms with E-state index in [1.165, 1.54) is 14.0 Å². The summed E-state index contributed by atoms with van der Waals surface area (Å²) in [4.78, 5) is 35.7. The molecule has 0 aliphatic heterocycles. The zero-order valence-corrected chi connectivity index (χ0v) is 14.1. The Bertz CT molecular complexity index is 732. The molecule has 2 unspecified atom stereocenters. The number of methoxy groups -OCH3 is 1. The fourth-order valence-corrected chi connectivity index (χ4v) is 2.61. The molecule has 2 aromatic carbocycles. The number of carbonyl (C=O) groups is 3. The van der Waals surface area contributed by atoms with E-state index in [0.29, 0.717) is 5.56 Å². The quantitative estimate of drug-likeness (QED) is 0.819. The fourth-order valence-electron chi connectivity index (χ4n) is 2.61. The Morgan fingerprint density at radius 1 is 0.880 bits per heavy atom. The molecule has 0 aliphatic carbocycles. The molecule has 2 aromatic rings. The first-order valence-electron chi connectivity index (χ1n) is 7.78. The van der Waals surface area contributed by atoms with E-state index in [0.717, 1.165) is 5.56 Å². The Hall–Kier alpha value is -3.15. The van der Waals surface area contributed by atoms with Crippen LogP contribution in [0.25, 0.3) is 0 Å². The summed E-state index contributed by atoms with van der Waals surface area (Å²) in [6.07, 6.45) is 0. The third-order valence-corrected chi connectivity index (χ3v) is 3.68. The molecule has 3 amide bonds. The molecule has 25 heavy (non-hydrogen) atoms. The highest BCUT2D eigenvalue weighted by atomic mass is 16.5. The summed E-state index contributed by atoms with van der Waals surface area (Å²) in [6.45, 7) is 1.24. The second kappa shape index (κ2) is 8.63. The monoisotopic (exact) mass is 340 g/mol. The molecule has 0 radical (unpaired) electrons. The van der Waals surface area contributed by atoms with Gasteiger partial charge in [0, 0.05) is 6.92 Å². The fraction of sp³-hybridized carbons (Fsp3) is 0.211. The topological polar surface area (TPSA) is 84.5 Å². The molecule has 0 fully saturated rings. The van der Waals surface area contributed by atoms with Crippen molar-refractivity contribution >= 4 is 17.9 Å². The Kier molecular flexibility index (Phi) is 6.28. The number of rotatable bonds is 5. The number of amides is 3. The van der Waals surface area contributed by atoms with Gasteiger partial charge in [0.25, 0.3) is 0 Å². The number of esters is 1. The van der Waals surface area contributed by atoms with Crippen LogP contribution in [-0.2, 0) is 14.3 Å². The van der Waals surface area contributed by atoms with Gasteiger partial charge in [0.05, 0.1) is 13.2 Å². The molecule has 2 rings (SSSR count). The number of hydrogen-bond donors (Lipinski definition) is 2. The number of imide groups is 1. The van der Waals surface area contributed by atoms with Crippen LogP contribution in [0.2, 0.25) is 0 Å². The lowest BCUT2D eigenvalue weighted by molar-refractivity contribution is -0.143. The summed E-state index contributed by atoms with van der Waals surface area (Å²) in [5.74, 6) is -1.73. The molecule has 0 spiro atoms. The van der Waals surface area contributed by atoms with Crippen molar-refractivity contribution in [3.8, 4) is 0 Å². The summed E-state index contributed by atoms with van der Waals surface area (Å²) in [5.41, 5.74) is 1.42. The summed E-state index contributed by atoms with van der Waals surface area (Å²) in [5, 5.41) is 4.87. The van der Waals surface area contributed by atoms with E-state index >= 15 is 0 Å². The molecule has 2 atom stereocenters. The zero-order valence-electron chi connectivity index (χ0n) is 14.1. The van der Waals surface area contributed by atoms with Crippen LogP contribution in [0, 0.1) is 0 Å². The van der Waals surface area contributed by atoms with Crippen molar-refractivity contribution in [2.45, 2.75) is 18.9 Å². The molecule has 2 N–H and O–H groups in total. The van der Waals surface area contributed by atoms with Gasteiger partial charge in [0.2, 0.25) is 5.91 Å². The molecule has 6 heteroatoms. The number of urea groups is 1. The Morgan fingerprint density at radius 3 is 1.88 bits per heavy atom. The number of nitrogens with one attached hydrogen (secondary N) is 2. The maximum absolute atomic E-state index is 12.5. The van der Waals surface area contributed by atoms with E-state index in [2.05, 4.69) is 10.6 Å². The number of carbonyl (C=O) groups excluding carboxylic acids is 3. The van der Waals surface area contributed by atoms with E-state index in [1.807, 2.05) is 36.4 Å². The van der Waals surface area contributed by atoms with Crippen LogP contribution in [0.15, 0.2) is 60.7 Å². The van der Waals surface area contributed by atoms with Gasteiger partial charge in [-0.2, -0.15) is 0 Å². The minimum Gasteiger partial charge on any atom is -0.468 e. The van der Waals surface area contributed by atoms with E-state index in [9.17, 15) is 14.4 Å². The summed E-state index contributed by atoms with van der Waals surface area (Å²) >= 11 is 0. The maximum atomic E-state index is 12.5. The van der Waals surface area contributed by atoms with Gasteiger partial charge in [-0.1, -0.05) is 60.7 Å². The highest BCUT2D eigenvalue weighted by Crippen LogP contribution is 2.32. The van der Waals surface area contributed by atoms with Crippen molar-refractivity contribution in [2.75, 3.05) is 7.11 Å². The highest BCUT2D eigenvalue weighted by molar-refractivity contribution is 5.93. The summed E-state index contributed by atoms with van der Waals surface area (Å²) < 4.78 is 4.95. The SMILES string of the molecule is COC(=O)C(c1ccccc1)C(NC(=O)NC(C)=O)c1ccccc1. The van der Waals surface area contributed by atoms with Crippen LogP contribution in [0.3, 0.4) is 0 Å². The van der Waals surface area contributed by atoms with Crippen molar-refractivity contribution in [3.05, 3.63) is 71.8 Å². The molecule has 0 aliphatic rings. The zero-order chi connectivity index (χ0) is 18.2. The molecule has 130 valence electrons. The van der Waals surface area contributed by atoms with E-state index in [-0.39, 0.29) is 0 Å². The van der Waals surface area contributed by atoms with Crippen molar-refractivity contribution < 1.29 is 19.1 Å². The van der Waals surface area contributed by atoms with E-state index in [1.54, 1.807) is 24.3 Å². The largest absolute Gasteiger partial charge is 0.468 e. The van der Waals surface area contributed by atoms with Crippen molar-refractivity contribution in [1.29, 1.82) is 0 Å². The Balaban J connectivity index is 2.44. The molecular weight excluding hydrogens is 320 g/mol. The normalized spacial score (nSPS) is 12.6. The van der Waals surface area contributed by atoms with Crippen LogP contribution in [0.5, 0.6) is 0 Å². The number of hydrogen-bond acceptors (Lipinski definition) is 4. The third-order valence-electron chi connectivity index (χ3n) is 3.68. The average Bonchev–Trinajstić information content (AvgIpc) is 2.62. The maximum Gasteiger partial charge on any atom is 0.321 e. The second-order valence-electron chi connectivity index (χ2n) is 5.45. The summed E-state index contributed by atoms with van der Waals surface area (Å²) in [7, 11) is 1.30. The van der Waals surface area contributed by atoms with Gasteiger partial charge in [-0.05, 0) is 11.1 Å². The van der Waals surface area contributed by atoms with Gasteiger partial charge in [-0.15, -0.1) is 0 Å². The molecule has 6 nitrogen and oxygen atoms in total. The van der Waals surface area contributed by atoms with Gasteiger partial charge < -0.3 is 10.1 Å². The second-order valence-corrected chi connectivity index (χ2v) is 5.45. The molecule has 0 aromatic heterocycles. The Labute approximate surface area is 146 Å². The molecule has 0 heterocycles. The first-order chi connectivity index (χ1) is 12.0. The number of benzene rings is 2. The number of ether oxygens (including phenoxy) is 1. The van der Waals surface area contributed by atoms with Crippen molar-refractivity contribution in [2.24, 2.45) is 0 Å². The predicted molar refractivity (Wildman–Crippen MR) is 92.7 cm³/mol. The van der Waals surface area contributed by atoms with Gasteiger partial charge in [-0.25, -0.2) is 4.79 Å². The minimum absolute atomic E-state index is 0.483. The summed E-state index contributed by atoms with van der Waals surface area (Å²) in [6, 6.07) is 16.7. The van der Waals surface area contributed by atoms with Gasteiger partial charge in [0.1, 0.15) is 5.92 Å². The van der Waals surface area contributed by atoms with Crippen LogP contribution < -0.4 is 10.6 Å². The molecule has 0 bridgehead atoms. The first-order valence-corrected chi connectivity index (χ1v) is 7.78. The van der Waals surface area contributed by atoms with Crippen LogP contribution >= 0.6 is 0 Å². The van der Waals surface area contributed by atoms with Gasteiger partial charge >= 0.3 is 12.0 Å². The van der Waals surface area contributed by atoms with E-state index < -0.39 is 29.9 Å². The minimum atomic E-state index is -0.758. The third kappa shape index (κ3) is 4.91. The smallest absolute Gasteiger partial charge is 0.321 e. The van der Waals surface area contributed by atoms with Crippen LogP contribution in [-0.4, -0.2) is 25.0 Å². The molecule has 0 saturated heterocycles. The van der Waals surface area contributed by atoms with Crippen molar-refractivity contribution in [3.63, 3.8) is 0 Å². The molecular formula is C19H20N2O4. The first kappa shape index (κ1) is 18.2. The van der Waals surface area contributed by atoms with Crippen LogP contribution in [0.1, 0.15) is 30.0 Å². The standard InChI is InChI=1S/C19H20N2O4/c1-13(22)20-19(24)21-17(15-11-7-4-8-12-15)16(18(23)25-2)14-9-5-3-6-10-14/h3-12,16-17H,1-2H3,(H2,20,21,22,24).